The number of benzene rings is 11. The molecule has 0 N–H and O–H groups in total. The second-order valence-corrected chi connectivity index (χ2v) is 26.7. The lowest BCUT2D eigenvalue weighted by molar-refractivity contribution is 0.953. The molecule has 0 amide bonds. The van der Waals surface area contributed by atoms with Gasteiger partial charge in [-0.2, -0.15) is 9.97 Å². The van der Waals surface area contributed by atoms with E-state index in [1.54, 1.807) is 0 Å². The summed E-state index contributed by atoms with van der Waals surface area (Å²) in [6.45, 7) is 0. The topological polar surface area (TPSA) is 43.6 Å². The molecular formula is C69H50N4Si2. The van der Waals surface area contributed by atoms with Gasteiger partial charge in [-0.25, -0.2) is 4.98 Å². The molecule has 0 spiro atoms. The Kier molecular flexibility index (Phi) is 11.9. The van der Waals surface area contributed by atoms with Crippen molar-refractivity contribution >= 4 is 79.4 Å². The third-order valence-electron chi connectivity index (χ3n) is 15.0. The lowest BCUT2D eigenvalue weighted by Crippen LogP contribution is -2.74. The maximum Gasteiger partial charge on any atom is 0.238 e. The molecule has 354 valence electrons. The first-order valence-electron chi connectivity index (χ1n) is 25.6. The Morgan fingerprint density at radius 3 is 0.987 bits per heavy atom. The first-order chi connectivity index (χ1) is 37.2. The van der Waals surface area contributed by atoms with Gasteiger partial charge in [0.05, 0.1) is 11.0 Å². The fourth-order valence-electron chi connectivity index (χ4n) is 11.6. The van der Waals surface area contributed by atoms with Crippen LogP contribution in [0.5, 0.6) is 0 Å². The van der Waals surface area contributed by atoms with Gasteiger partial charge in [0.1, 0.15) is 0 Å². The fraction of sp³-hybridized carbons (Fsp3) is 0. The van der Waals surface area contributed by atoms with Crippen molar-refractivity contribution in [1.29, 1.82) is 0 Å². The van der Waals surface area contributed by atoms with Gasteiger partial charge in [-0.3, -0.25) is 4.57 Å². The van der Waals surface area contributed by atoms with Crippen molar-refractivity contribution in [2.45, 2.75) is 0 Å². The molecule has 0 aliphatic rings. The van der Waals surface area contributed by atoms with Crippen LogP contribution in [0.3, 0.4) is 0 Å². The van der Waals surface area contributed by atoms with Crippen molar-refractivity contribution in [2.24, 2.45) is 0 Å². The van der Waals surface area contributed by atoms with Gasteiger partial charge in [0.2, 0.25) is 5.95 Å². The van der Waals surface area contributed by atoms with Crippen molar-refractivity contribution < 1.29 is 0 Å². The second-order valence-electron chi connectivity index (χ2n) is 19.1. The highest BCUT2D eigenvalue weighted by Gasteiger charge is 2.43. The van der Waals surface area contributed by atoms with Gasteiger partial charge in [-0.15, -0.1) is 0 Å². The standard InChI is InChI=1S/C69H50N4Si2/c1-7-25-51(26-8-1)53-27-23-39-61(49-53)75(58-35-15-5-16-36-58,59-37-17-6-18-38-59)60-47-45-52(46-48-60)67-70-68(72-69(71-67)73-65-43-21-19-41-63(65)64-42-20-22-44-66(64)73)54-28-24-40-62(50-54)74(55-29-9-2-10-30-55,56-31-11-3-12-32-56)57-33-13-4-14-34-57/h1-50H. The summed E-state index contributed by atoms with van der Waals surface area (Å²) in [6, 6.07) is 111. The zero-order valence-electron chi connectivity index (χ0n) is 41.2. The van der Waals surface area contributed by atoms with E-state index >= 15 is 0 Å². The minimum Gasteiger partial charge on any atom is -0.278 e. The van der Waals surface area contributed by atoms with Crippen LogP contribution in [-0.4, -0.2) is 35.7 Å². The fourth-order valence-corrected chi connectivity index (χ4v) is 21.2. The third kappa shape index (κ3) is 7.95. The molecule has 0 saturated carbocycles. The van der Waals surface area contributed by atoms with Gasteiger partial charge in [-0.1, -0.05) is 291 Å². The number of fused-ring (bicyclic) bond motifs is 3. The zero-order valence-corrected chi connectivity index (χ0v) is 43.2. The highest BCUT2D eigenvalue weighted by Crippen LogP contribution is 2.32. The van der Waals surface area contributed by atoms with Gasteiger partial charge >= 0.3 is 0 Å². The molecule has 2 heterocycles. The summed E-state index contributed by atoms with van der Waals surface area (Å²) >= 11 is 0. The summed E-state index contributed by atoms with van der Waals surface area (Å²) in [5.74, 6) is 1.77. The molecule has 4 nitrogen and oxygen atoms in total. The van der Waals surface area contributed by atoms with Crippen LogP contribution in [0.25, 0.3) is 61.7 Å². The van der Waals surface area contributed by atoms with E-state index in [2.05, 4.69) is 308 Å². The number of hydrogen-bond acceptors (Lipinski definition) is 3. The van der Waals surface area contributed by atoms with Crippen LogP contribution in [0.15, 0.2) is 303 Å². The molecule has 0 aliphatic carbocycles. The molecule has 75 heavy (non-hydrogen) atoms. The van der Waals surface area contributed by atoms with E-state index in [0.29, 0.717) is 17.6 Å². The summed E-state index contributed by atoms with van der Waals surface area (Å²) in [5, 5.41) is 12.6. The minimum absolute atomic E-state index is 0.564. The van der Waals surface area contributed by atoms with Gasteiger partial charge in [0.15, 0.2) is 27.8 Å². The summed E-state index contributed by atoms with van der Waals surface area (Å²) in [4.78, 5) is 16.4. The van der Waals surface area contributed by atoms with Gasteiger partial charge in [0.25, 0.3) is 0 Å². The predicted molar refractivity (Wildman–Crippen MR) is 318 cm³/mol. The molecule has 0 bridgehead atoms. The third-order valence-corrected chi connectivity index (χ3v) is 24.5. The molecular weight excluding hydrogens is 941 g/mol. The summed E-state index contributed by atoms with van der Waals surface area (Å²) in [6.07, 6.45) is 0. The van der Waals surface area contributed by atoms with E-state index in [0.717, 1.165) is 32.9 Å². The Morgan fingerprint density at radius 2 is 0.547 bits per heavy atom. The first kappa shape index (κ1) is 45.5. The quantitative estimate of drug-likeness (QED) is 0.0905. The molecule has 11 aromatic carbocycles. The molecule has 2 aromatic heterocycles. The average Bonchev–Trinajstić information content (AvgIpc) is 3.84. The van der Waals surface area contributed by atoms with Crippen LogP contribution >= 0.6 is 0 Å². The number of aromatic nitrogens is 4. The molecule has 0 saturated heterocycles. The van der Waals surface area contributed by atoms with Crippen molar-refractivity contribution in [1.82, 2.24) is 19.5 Å². The Hall–Kier alpha value is -9.34. The van der Waals surface area contributed by atoms with E-state index < -0.39 is 16.1 Å². The number of para-hydroxylation sites is 2. The molecule has 13 aromatic rings. The van der Waals surface area contributed by atoms with Crippen molar-refractivity contribution in [3.63, 3.8) is 0 Å². The predicted octanol–water partition coefficient (Wildman–Crippen LogP) is 10.7. The van der Waals surface area contributed by atoms with Gasteiger partial charge < -0.3 is 0 Å². The van der Waals surface area contributed by atoms with Crippen LogP contribution in [0.1, 0.15) is 0 Å². The van der Waals surface area contributed by atoms with Crippen LogP contribution in [0.2, 0.25) is 0 Å². The molecule has 13 rings (SSSR count). The Morgan fingerprint density at radius 1 is 0.227 bits per heavy atom. The summed E-state index contributed by atoms with van der Waals surface area (Å²) in [7, 11) is -5.81. The number of nitrogens with zero attached hydrogens (tertiary/aromatic N) is 4. The van der Waals surface area contributed by atoms with Gasteiger partial charge in [0, 0.05) is 21.9 Å². The van der Waals surface area contributed by atoms with Gasteiger partial charge in [-0.05, 0) is 64.8 Å². The molecule has 6 heteroatoms. The maximum absolute atomic E-state index is 5.49. The Labute approximate surface area is 439 Å². The molecule has 0 aliphatic heterocycles. The van der Waals surface area contributed by atoms with Crippen molar-refractivity contribution in [3.8, 4) is 39.9 Å². The SMILES string of the molecule is c1ccc(-c2cccc([Si](c3ccccc3)(c3ccccc3)c3ccc(-c4nc(-c5cccc([Si](c6ccccc6)(c6ccccc6)c6ccccc6)c5)nc(-n5c6ccccc6c6ccccc65)n4)cc3)c2)cc1. The van der Waals surface area contributed by atoms with Crippen LogP contribution in [0, 0.1) is 0 Å². The van der Waals surface area contributed by atoms with E-state index in [1.807, 2.05) is 0 Å². The molecule has 0 radical (unpaired) electrons. The lowest BCUT2D eigenvalue weighted by Gasteiger charge is -2.34. The highest BCUT2D eigenvalue weighted by molar-refractivity contribution is 7.20. The molecule has 0 unspecified atom stereocenters. The van der Waals surface area contributed by atoms with Crippen LogP contribution in [-0.2, 0) is 0 Å². The van der Waals surface area contributed by atoms with E-state index in [9.17, 15) is 0 Å². The first-order valence-corrected chi connectivity index (χ1v) is 29.6. The Balaban J connectivity index is 1.03. The Bertz CT molecular complexity index is 3910. The number of rotatable bonds is 12. The highest BCUT2D eigenvalue weighted by atomic mass is 28.3. The second kappa shape index (κ2) is 19.6. The zero-order chi connectivity index (χ0) is 50.0. The van der Waals surface area contributed by atoms with Crippen molar-refractivity contribution in [3.05, 3.63) is 303 Å². The summed E-state index contributed by atoms with van der Waals surface area (Å²) in [5.41, 5.74) is 6.30. The molecule has 0 fully saturated rings. The van der Waals surface area contributed by atoms with E-state index in [4.69, 9.17) is 15.0 Å². The normalized spacial score (nSPS) is 11.7. The lowest BCUT2D eigenvalue weighted by atomic mass is 10.1. The van der Waals surface area contributed by atoms with E-state index in [1.165, 1.54) is 52.6 Å². The van der Waals surface area contributed by atoms with Crippen molar-refractivity contribution in [2.75, 3.05) is 0 Å². The van der Waals surface area contributed by atoms with Crippen LogP contribution < -0.4 is 41.5 Å². The summed E-state index contributed by atoms with van der Waals surface area (Å²) < 4.78 is 2.21. The van der Waals surface area contributed by atoms with Crippen LogP contribution in [0.4, 0.5) is 0 Å². The largest absolute Gasteiger partial charge is 0.278 e. The minimum atomic E-state index is -2.93. The average molecular weight is 991 g/mol. The smallest absolute Gasteiger partial charge is 0.238 e. The monoisotopic (exact) mass is 990 g/mol. The number of hydrogen-bond donors (Lipinski definition) is 0. The van der Waals surface area contributed by atoms with E-state index in [-0.39, 0.29) is 0 Å². The molecule has 0 atom stereocenters. The maximum atomic E-state index is 5.49.